The van der Waals surface area contributed by atoms with Gasteiger partial charge >= 0.3 is 5.97 Å². The van der Waals surface area contributed by atoms with Crippen LogP contribution in [0.4, 0.5) is 0 Å². The van der Waals surface area contributed by atoms with Crippen LogP contribution in [0.25, 0.3) is 0 Å². The fraction of sp³-hybridized carbons (Fsp3) is 0.649. The standard InChI is InChI=1S/C57H97N2O7P/c1-7-10-13-16-19-22-25-27-28-29-30-32-35-38-41-44-47-50-57(61)66-55(48-45-42-39-36-33-24-21-18-15-12-9-3)54(53-65-67(62,63)64-52-51-59(4,5)6)58-56(60)49-46-43-40-37-34-31-26-23-20-17-14-11-8-2/h10,13,16,19,22,25,27-32,34-35,40,43,45,48,54-55H,7-9,11-12,14-15,17-18,20-21,23-24,26,33,36-39,41-42,44,46-47,49-53H2,1-6H3,(H-,58,60,62,63)/b13-10-,19-16+,25-22+,28-27-,30-29+,34-31-,35-32+,43-40+,48-45+. The molecule has 9 nitrogen and oxygen atoms in total. The monoisotopic (exact) mass is 953 g/mol. The number of hydrogen-bond acceptors (Lipinski definition) is 7. The molecule has 0 aliphatic carbocycles. The normalized spacial score (nSPS) is 14.8. The minimum atomic E-state index is -4.72. The Kier molecular flexibility index (Phi) is 44.1. The number of ether oxygens (including phenoxy) is 1. The van der Waals surface area contributed by atoms with Crippen molar-refractivity contribution in [2.24, 2.45) is 0 Å². The number of phosphoric acid groups is 1. The van der Waals surface area contributed by atoms with E-state index in [9.17, 15) is 19.0 Å². The molecule has 0 aliphatic heterocycles. The van der Waals surface area contributed by atoms with E-state index >= 15 is 0 Å². The van der Waals surface area contributed by atoms with Crippen molar-refractivity contribution in [2.75, 3.05) is 40.9 Å². The maximum absolute atomic E-state index is 13.4. The van der Waals surface area contributed by atoms with Crippen molar-refractivity contribution in [1.29, 1.82) is 0 Å². The van der Waals surface area contributed by atoms with E-state index in [0.29, 0.717) is 23.9 Å². The summed E-state index contributed by atoms with van der Waals surface area (Å²) in [4.78, 5) is 39.6. The third-order valence-electron chi connectivity index (χ3n) is 10.9. The summed E-state index contributed by atoms with van der Waals surface area (Å²) in [5.74, 6) is -0.683. The molecule has 0 radical (unpaired) electrons. The molecular formula is C57H97N2O7P. The number of likely N-dealkylation sites (N-methyl/N-ethyl adjacent to an activating group) is 1. The number of unbranched alkanes of at least 4 members (excludes halogenated alkanes) is 18. The van der Waals surface area contributed by atoms with Gasteiger partial charge in [-0.1, -0.05) is 214 Å². The number of esters is 1. The smallest absolute Gasteiger partial charge is 0.306 e. The number of quaternary nitrogens is 1. The lowest BCUT2D eigenvalue weighted by molar-refractivity contribution is -0.870. The van der Waals surface area contributed by atoms with Gasteiger partial charge in [0.05, 0.1) is 33.8 Å². The summed E-state index contributed by atoms with van der Waals surface area (Å²) >= 11 is 0. The summed E-state index contributed by atoms with van der Waals surface area (Å²) in [6, 6.07) is -0.942. The highest BCUT2D eigenvalue weighted by atomic mass is 31.2. The lowest BCUT2D eigenvalue weighted by Gasteiger charge is -2.30. The van der Waals surface area contributed by atoms with Crippen LogP contribution in [-0.2, 0) is 27.9 Å². The van der Waals surface area contributed by atoms with Gasteiger partial charge < -0.3 is 28.5 Å². The Bertz CT molecular complexity index is 1520. The molecule has 3 unspecified atom stereocenters. The molecule has 0 aromatic rings. The number of hydrogen-bond donors (Lipinski definition) is 1. The van der Waals surface area contributed by atoms with Crippen LogP contribution in [0.3, 0.4) is 0 Å². The van der Waals surface area contributed by atoms with Gasteiger partial charge in [0.2, 0.25) is 5.91 Å². The predicted octanol–water partition coefficient (Wildman–Crippen LogP) is 14.8. The number of carbonyl (C=O) groups excluding carboxylic acids is 2. The van der Waals surface area contributed by atoms with E-state index in [1.165, 1.54) is 83.5 Å². The summed E-state index contributed by atoms with van der Waals surface area (Å²) in [6.07, 6.45) is 62.2. The largest absolute Gasteiger partial charge is 0.756 e. The van der Waals surface area contributed by atoms with Gasteiger partial charge in [-0.3, -0.25) is 14.2 Å². The minimum absolute atomic E-state index is 0.0451. The van der Waals surface area contributed by atoms with Gasteiger partial charge in [0.1, 0.15) is 19.3 Å². The van der Waals surface area contributed by atoms with Gasteiger partial charge in [0.15, 0.2) is 0 Å². The average molecular weight is 953 g/mol. The highest BCUT2D eigenvalue weighted by molar-refractivity contribution is 7.45. The Morgan fingerprint density at radius 2 is 1.03 bits per heavy atom. The third-order valence-corrected chi connectivity index (χ3v) is 11.8. The molecule has 3 atom stereocenters. The molecule has 0 fully saturated rings. The van der Waals surface area contributed by atoms with Crippen molar-refractivity contribution in [3.8, 4) is 0 Å². The van der Waals surface area contributed by atoms with Crippen LogP contribution in [0.15, 0.2) is 109 Å². The molecule has 0 aliphatic rings. The molecule has 0 aromatic heterocycles. The van der Waals surface area contributed by atoms with E-state index < -0.39 is 32.5 Å². The van der Waals surface area contributed by atoms with Gasteiger partial charge in [0, 0.05) is 12.8 Å². The molecule has 1 amide bonds. The van der Waals surface area contributed by atoms with Crippen LogP contribution < -0.4 is 10.2 Å². The molecule has 0 aromatic carbocycles. The first-order valence-electron chi connectivity index (χ1n) is 26.3. The number of rotatable bonds is 45. The molecule has 0 rings (SSSR count). The molecule has 10 heteroatoms. The Balaban J connectivity index is 5.58. The van der Waals surface area contributed by atoms with E-state index in [1.54, 1.807) is 6.08 Å². The summed E-state index contributed by atoms with van der Waals surface area (Å²) < 4.78 is 30.0. The first kappa shape index (κ1) is 63.7. The zero-order chi connectivity index (χ0) is 49.4. The van der Waals surface area contributed by atoms with Crippen molar-refractivity contribution in [3.63, 3.8) is 0 Å². The highest BCUT2D eigenvalue weighted by Gasteiger charge is 2.27. The van der Waals surface area contributed by atoms with Crippen molar-refractivity contribution in [3.05, 3.63) is 109 Å². The SMILES string of the molecule is CC\C=C/C=C/C=C/C=C\C=C\C=C\CCCCCC(=O)OC(/C=C/CCCCCCCCCCC)C(COP(=O)([O-])OCC[N+](C)(C)C)NC(=O)CC/C=C/C/C=C\CCCCCCCC. The van der Waals surface area contributed by atoms with Crippen molar-refractivity contribution < 1.29 is 37.3 Å². The average Bonchev–Trinajstić information content (AvgIpc) is 3.28. The predicted molar refractivity (Wildman–Crippen MR) is 284 cm³/mol. The second-order valence-corrected chi connectivity index (χ2v) is 19.9. The second-order valence-electron chi connectivity index (χ2n) is 18.4. The van der Waals surface area contributed by atoms with Crippen LogP contribution in [0, 0.1) is 0 Å². The highest BCUT2D eigenvalue weighted by Crippen LogP contribution is 2.38. The van der Waals surface area contributed by atoms with Crippen molar-refractivity contribution >= 4 is 19.7 Å². The van der Waals surface area contributed by atoms with E-state index in [4.69, 9.17) is 13.8 Å². The molecule has 0 bridgehead atoms. The van der Waals surface area contributed by atoms with E-state index in [0.717, 1.165) is 57.8 Å². The maximum Gasteiger partial charge on any atom is 0.306 e. The lowest BCUT2D eigenvalue weighted by Crippen LogP contribution is -2.47. The van der Waals surface area contributed by atoms with Gasteiger partial charge in [-0.2, -0.15) is 0 Å². The Morgan fingerprint density at radius 1 is 0.552 bits per heavy atom. The number of allylic oxidation sites excluding steroid dienone is 17. The van der Waals surface area contributed by atoms with Crippen LogP contribution >= 0.6 is 7.82 Å². The van der Waals surface area contributed by atoms with Crippen LogP contribution in [-0.4, -0.2) is 69.4 Å². The van der Waals surface area contributed by atoms with Gasteiger partial charge in [-0.15, -0.1) is 0 Å². The van der Waals surface area contributed by atoms with Gasteiger partial charge in [0.25, 0.3) is 7.82 Å². The number of amides is 1. The molecule has 67 heavy (non-hydrogen) atoms. The number of phosphoric ester groups is 1. The summed E-state index contributed by atoms with van der Waals surface area (Å²) in [7, 11) is 1.11. The Morgan fingerprint density at radius 3 is 1.58 bits per heavy atom. The van der Waals surface area contributed by atoms with Crippen LogP contribution in [0.2, 0.25) is 0 Å². The molecule has 0 heterocycles. The molecule has 0 saturated carbocycles. The first-order valence-corrected chi connectivity index (χ1v) is 27.7. The topological polar surface area (TPSA) is 114 Å². The number of carbonyl (C=O) groups is 2. The Hall–Kier alpha value is -3.33. The van der Waals surface area contributed by atoms with E-state index in [-0.39, 0.29) is 25.4 Å². The lowest BCUT2D eigenvalue weighted by atomic mass is 10.1. The van der Waals surface area contributed by atoms with Crippen LogP contribution in [0.1, 0.15) is 188 Å². The quantitative estimate of drug-likeness (QED) is 0.0161. The fourth-order valence-corrected chi connectivity index (χ4v) is 7.50. The van der Waals surface area contributed by atoms with Crippen molar-refractivity contribution in [2.45, 2.75) is 200 Å². The second kappa shape index (κ2) is 46.4. The zero-order valence-electron chi connectivity index (χ0n) is 43.3. The first-order chi connectivity index (χ1) is 32.4. The third kappa shape index (κ3) is 47.5. The minimum Gasteiger partial charge on any atom is -0.756 e. The van der Waals surface area contributed by atoms with Crippen LogP contribution in [0.5, 0.6) is 0 Å². The molecule has 1 N–H and O–H groups in total. The summed E-state index contributed by atoms with van der Waals surface area (Å²) in [6.45, 7) is 6.56. The molecule has 0 saturated heterocycles. The maximum atomic E-state index is 13.4. The van der Waals surface area contributed by atoms with Gasteiger partial charge in [-0.05, 0) is 70.3 Å². The summed E-state index contributed by atoms with van der Waals surface area (Å²) in [5, 5.41) is 2.95. The zero-order valence-corrected chi connectivity index (χ0v) is 44.2. The molecular weight excluding hydrogens is 856 g/mol. The van der Waals surface area contributed by atoms with E-state index in [1.807, 2.05) is 94.1 Å². The summed E-state index contributed by atoms with van der Waals surface area (Å²) in [5.41, 5.74) is 0. The molecule has 0 spiro atoms. The Labute approximate surface area is 410 Å². The number of nitrogens with one attached hydrogen (secondary N) is 1. The van der Waals surface area contributed by atoms with Crippen molar-refractivity contribution in [1.82, 2.24) is 5.32 Å². The van der Waals surface area contributed by atoms with Gasteiger partial charge in [-0.25, -0.2) is 0 Å². The fourth-order valence-electron chi connectivity index (χ4n) is 6.78. The van der Waals surface area contributed by atoms with E-state index in [2.05, 4.69) is 56.5 Å². The number of nitrogens with zero attached hydrogens (tertiary/aromatic N) is 1. The molecule has 382 valence electrons.